The summed E-state index contributed by atoms with van der Waals surface area (Å²) in [5.41, 5.74) is 4.48. The van der Waals surface area contributed by atoms with Crippen molar-refractivity contribution in [3.8, 4) is 11.4 Å². The summed E-state index contributed by atoms with van der Waals surface area (Å²) < 4.78 is 47.8. The third kappa shape index (κ3) is 7.82. The zero-order chi connectivity index (χ0) is 31.3. The second-order valence-electron chi connectivity index (χ2n) is 9.75. The maximum atomic E-state index is 12.8. The number of methoxy groups -OCH3 is 1. The van der Waals surface area contributed by atoms with Gasteiger partial charge in [0, 0.05) is 24.8 Å². The number of halogens is 3. The molecule has 1 aromatic heterocycles. The van der Waals surface area contributed by atoms with Gasteiger partial charge >= 0.3 is 12.4 Å². The third-order valence-electron chi connectivity index (χ3n) is 6.46. The van der Waals surface area contributed by atoms with Gasteiger partial charge in [-0.15, -0.1) is 13.2 Å². The third-order valence-corrected chi connectivity index (χ3v) is 7.38. The van der Waals surface area contributed by atoms with Gasteiger partial charge in [0.25, 0.3) is 0 Å². The van der Waals surface area contributed by atoms with E-state index in [4.69, 9.17) is 4.74 Å². The molecule has 0 bridgehead atoms. The molecule has 1 saturated heterocycles. The fourth-order valence-electron chi connectivity index (χ4n) is 4.43. The Morgan fingerprint density at radius 3 is 2.52 bits per heavy atom. The molecule has 5 rings (SSSR count). The van der Waals surface area contributed by atoms with Gasteiger partial charge in [-0.2, -0.15) is 10.1 Å². The van der Waals surface area contributed by atoms with Crippen LogP contribution in [0.15, 0.2) is 78.0 Å². The van der Waals surface area contributed by atoms with Crippen LogP contribution in [0.5, 0.6) is 5.75 Å². The largest absolute Gasteiger partial charge is 0.573 e. The van der Waals surface area contributed by atoms with Crippen LogP contribution >= 0.6 is 11.8 Å². The zero-order valence-electron chi connectivity index (χ0n) is 23.7. The number of thioether (sulfide) groups is 1. The number of amidine groups is 1. The smallest absolute Gasteiger partial charge is 0.406 e. The van der Waals surface area contributed by atoms with Crippen LogP contribution in [0.1, 0.15) is 22.5 Å². The van der Waals surface area contributed by atoms with Crippen molar-refractivity contribution < 1.29 is 32.2 Å². The van der Waals surface area contributed by atoms with Crippen LogP contribution < -0.4 is 15.0 Å². The molecule has 0 spiro atoms. The molecule has 0 aliphatic carbocycles. The summed E-state index contributed by atoms with van der Waals surface area (Å²) in [4.78, 5) is 35.4. The Morgan fingerprint density at radius 2 is 1.82 bits per heavy atom. The number of alkyl halides is 3. The summed E-state index contributed by atoms with van der Waals surface area (Å²) in [5, 5.41) is 7.43. The predicted octanol–water partition coefficient (Wildman–Crippen LogP) is 6.07. The van der Waals surface area contributed by atoms with E-state index >= 15 is 0 Å². The Kier molecular flexibility index (Phi) is 9.30. The molecule has 4 aromatic rings. The number of aromatic nitrogens is 3. The maximum absolute atomic E-state index is 12.8. The van der Waals surface area contributed by atoms with Gasteiger partial charge in [-0.25, -0.2) is 14.5 Å². The molecule has 0 saturated carbocycles. The van der Waals surface area contributed by atoms with Crippen molar-refractivity contribution in [1.82, 2.24) is 14.8 Å². The number of aryl methyl sites for hydroxylation is 3. The van der Waals surface area contributed by atoms with Gasteiger partial charge in [-0.1, -0.05) is 36.0 Å². The minimum absolute atomic E-state index is 0.165. The average Bonchev–Trinajstić information content (AvgIpc) is 3.60. The number of carbonyl (C=O) groups excluding carboxylic acids is 2. The van der Waals surface area contributed by atoms with E-state index in [0.29, 0.717) is 47.5 Å². The minimum Gasteiger partial charge on any atom is -0.406 e. The molecule has 0 radical (unpaired) electrons. The number of ether oxygens (including phenoxy) is 2. The fourth-order valence-corrected chi connectivity index (χ4v) is 5.29. The lowest BCUT2D eigenvalue weighted by Gasteiger charge is -2.20. The van der Waals surface area contributed by atoms with E-state index in [0.717, 1.165) is 16.7 Å². The zero-order valence-corrected chi connectivity index (χ0v) is 24.5. The first kappa shape index (κ1) is 30.8. The van der Waals surface area contributed by atoms with Crippen LogP contribution in [0, 0.1) is 6.92 Å². The highest BCUT2D eigenvalue weighted by atomic mass is 32.2. The molecule has 1 aliphatic heterocycles. The lowest BCUT2D eigenvalue weighted by Crippen LogP contribution is -2.31. The first-order valence-corrected chi connectivity index (χ1v) is 14.4. The number of hydrogen-bond acceptors (Lipinski definition) is 7. The number of hydrogen-bond donors (Lipinski definition) is 1. The SMILES string of the molecule is COCc1ccc(C)cc1N1C(=O)CS/C1=N\C(=O)Nc1ccc(CCc2ncn(-c3ccc(OC(F)(F)F)cc3)n2)cc1. The number of aliphatic imine (C=N–C) groups is 1. The lowest BCUT2D eigenvalue weighted by atomic mass is 10.1. The van der Waals surface area contributed by atoms with E-state index in [1.807, 2.05) is 37.3 Å². The number of rotatable bonds is 9. The normalized spacial score (nSPS) is 14.3. The minimum atomic E-state index is -4.75. The molecular weight excluding hydrogens is 597 g/mol. The van der Waals surface area contributed by atoms with E-state index in [9.17, 15) is 22.8 Å². The number of benzene rings is 3. The summed E-state index contributed by atoms with van der Waals surface area (Å²) in [5.74, 6) is 0.255. The molecule has 1 N–H and O–H groups in total. The quantitative estimate of drug-likeness (QED) is 0.241. The molecule has 44 heavy (non-hydrogen) atoms. The van der Waals surface area contributed by atoms with E-state index in [1.54, 1.807) is 19.2 Å². The summed E-state index contributed by atoms with van der Waals surface area (Å²) in [6, 6.07) is 17.7. The Bertz CT molecular complexity index is 1670. The van der Waals surface area contributed by atoms with Crippen molar-refractivity contribution in [2.24, 2.45) is 4.99 Å². The molecule has 3 amide bonds. The maximum Gasteiger partial charge on any atom is 0.573 e. The van der Waals surface area contributed by atoms with Gasteiger partial charge in [0.2, 0.25) is 5.91 Å². The number of nitrogens with zero attached hydrogens (tertiary/aromatic N) is 5. The van der Waals surface area contributed by atoms with Gasteiger partial charge in [-0.3, -0.25) is 9.69 Å². The summed E-state index contributed by atoms with van der Waals surface area (Å²) >= 11 is 1.20. The van der Waals surface area contributed by atoms with E-state index in [-0.39, 0.29) is 17.4 Å². The molecule has 1 aliphatic rings. The Morgan fingerprint density at radius 1 is 1.07 bits per heavy atom. The topological polar surface area (TPSA) is 111 Å². The first-order valence-electron chi connectivity index (χ1n) is 13.4. The van der Waals surface area contributed by atoms with Gasteiger partial charge in [0.05, 0.1) is 23.7 Å². The Balaban J connectivity index is 1.17. The molecule has 0 atom stereocenters. The molecule has 2 heterocycles. The number of amides is 3. The predicted molar refractivity (Wildman–Crippen MR) is 160 cm³/mol. The van der Waals surface area contributed by atoms with Crippen LogP contribution in [0.4, 0.5) is 29.3 Å². The second-order valence-corrected chi connectivity index (χ2v) is 10.7. The number of urea groups is 1. The van der Waals surface area contributed by atoms with Crippen molar-refractivity contribution >= 4 is 40.2 Å². The lowest BCUT2D eigenvalue weighted by molar-refractivity contribution is -0.274. The molecule has 3 aromatic carbocycles. The number of nitrogens with one attached hydrogen (secondary N) is 1. The Labute approximate surface area is 254 Å². The van der Waals surface area contributed by atoms with Gasteiger partial charge in [0.15, 0.2) is 11.0 Å². The van der Waals surface area contributed by atoms with Crippen LogP contribution in [0.25, 0.3) is 5.69 Å². The van der Waals surface area contributed by atoms with Crippen molar-refractivity contribution in [3.05, 3.63) is 95.6 Å². The van der Waals surface area contributed by atoms with Crippen LogP contribution in [-0.2, 0) is 29.0 Å². The van der Waals surface area contributed by atoms with Crippen LogP contribution in [0.3, 0.4) is 0 Å². The average molecular weight is 625 g/mol. The molecule has 0 unspecified atom stereocenters. The highest BCUT2D eigenvalue weighted by molar-refractivity contribution is 8.15. The monoisotopic (exact) mass is 624 g/mol. The second kappa shape index (κ2) is 13.3. The van der Waals surface area contributed by atoms with E-state index < -0.39 is 12.4 Å². The summed E-state index contributed by atoms with van der Waals surface area (Å²) in [7, 11) is 1.58. The van der Waals surface area contributed by atoms with Crippen molar-refractivity contribution in [1.29, 1.82) is 0 Å². The number of anilines is 2. The van der Waals surface area contributed by atoms with Crippen LogP contribution in [0.2, 0.25) is 0 Å². The van der Waals surface area contributed by atoms with E-state index in [2.05, 4.69) is 25.1 Å². The summed E-state index contributed by atoms with van der Waals surface area (Å²) in [6.45, 7) is 2.23. The standard InChI is InChI=1S/C30H27F3N6O4S/c1-19-3-7-21(16-42-2)25(15-19)39-27(40)17-44-29(39)36-28(41)35-22-8-4-20(5-9-22)6-14-26-34-18-38(37-26)23-10-12-24(13-11-23)43-30(31,32)33/h3-5,7-13,15,18H,6,14,16-17H2,1-2H3,(H,35,41)/b36-29-. The van der Waals surface area contributed by atoms with Crippen molar-refractivity contribution in [2.75, 3.05) is 23.1 Å². The van der Waals surface area contributed by atoms with Crippen molar-refractivity contribution in [3.63, 3.8) is 0 Å². The highest BCUT2D eigenvalue weighted by Gasteiger charge is 2.32. The van der Waals surface area contributed by atoms with Crippen molar-refractivity contribution in [2.45, 2.75) is 32.7 Å². The number of carbonyl (C=O) groups is 2. The molecule has 10 nitrogen and oxygen atoms in total. The van der Waals surface area contributed by atoms with E-state index in [1.165, 1.54) is 51.9 Å². The van der Waals surface area contributed by atoms with Gasteiger partial charge in [-0.05, 0) is 66.9 Å². The molecular formula is C30H27F3N6O4S. The fraction of sp³-hybridized carbons (Fsp3) is 0.233. The summed E-state index contributed by atoms with van der Waals surface area (Å²) in [6.07, 6.45) is -2.13. The van der Waals surface area contributed by atoms with Crippen LogP contribution in [-0.4, -0.2) is 51.1 Å². The van der Waals surface area contributed by atoms with Gasteiger partial charge in [0.1, 0.15) is 12.1 Å². The molecule has 1 fully saturated rings. The molecule has 228 valence electrons. The first-order chi connectivity index (χ1) is 21.1. The van der Waals surface area contributed by atoms with Gasteiger partial charge < -0.3 is 14.8 Å². The highest BCUT2D eigenvalue weighted by Crippen LogP contribution is 2.31. The molecule has 14 heteroatoms. The Hall–Kier alpha value is -4.69.